The third-order valence-corrected chi connectivity index (χ3v) is 4.61. The number of aliphatic hydroxyl groups is 1. The molecule has 0 aliphatic carbocycles. The highest BCUT2D eigenvalue weighted by atomic mass is 16.5. The maximum absolute atomic E-state index is 13.1. The zero-order valence-corrected chi connectivity index (χ0v) is 16.4. The van der Waals surface area contributed by atoms with E-state index in [9.17, 15) is 9.90 Å². The summed E-state index contributed by atoms with van der Waals surface area (Å²) < 4.78 is 5.42. The van der Waals surface area contributed by atoms with E-state index in [0.717, 1.165) is 11.1 Å². The molecule has 1 aliphatic rings. The van der Waals surface area contributed by atoms with E-state index in [-0.39, 0.29) is 18.4 Å². The van der Waals surface area contributed by atoms with E-state index in [1.807, 2.05) is 36.9 Å². The molecule has 0 fully saturated rings. The van der Waals surface area contributed by atoms with Gasteiger partial charge in [0.15, 0.2) is 0 Å². The van der Waals surface area contributed by atoms with E-state index in [0.29, 0.717) is 24.4 Å². The van der Waals surface area contributed by atoms with E-state index in [1.165, 1.54) is 11.1 Å². The van der Waals surface area contributed by atoms with Crippen molar-refractivity contribution in [2.45, 2.75) is 53.3 Å². The van der Waals surface area contributed by atoms with Gasteiger partial charge in [-0.15, -0.1) is 0 Å². The Kier molecular flexibility index (Phi) is 6.81. The lowest BCUT2D eigenvalue weighted by atomic mass is 9.94. The van der Waals surface area contributed by atoms with Crippen molar-refractivity contribution >= 4 is 5.91 Å². The summed E-state index contributed by atoms with van der Waals surface area (Å²) in [7, 11) is 1.56. The van der Waals surface area contributed by atoms with Gasteiger partial charge in [0.1, 0.15) is 5.75 Å². The van der Waals surface area contributed by atoms with Crippen LogP contribution in [0.2, 0.25) is 0 Å². The molecule has 0 unspecified atom stereocenters. The van der Waals surface area contributed by atoms with Crippen LogP contribution < -0.4 is 4.74 Å². The highest BCUT2D eigenvalue weighted by molar-refractivity contribution is 5.97. The SMILES string of the molecule is CC.COc1cc(CO)c(C(C)C)cc1C(=O)N1Cc2ccccc2C1. The minimum atomic E-state index is -0.0620. The van der Waals surface area contributed by atoms with Gasteiger partial charge in [-0.2, -0.15) is 0 Å². The number of aliphatic hydroxyl groups excluding tert-OH is 1. The number of rotatable bonds is 4. The predicted octanol–water partition coefficient (Wildman–Crippen LogP) is 4.49. The van der Waals surface area contributed by atoms with Crippen molar-refractivity contribution in [2.75, 3.05) is 7.11 Å². The fraction of sp³-hybridized carbons (Fsp3) is 0.409. The van der Waals surface area contributed by atoms with Crippen LogP contribution in [0.5, 0.6) is 5.75 Å². The summed E-state index contributed by atoms with van der Waals surface area (Å²) in [6.07, 6.45) is 0. The molecular weight excluding hydrogens is 326 g/mol. The molecule has 0 atom stereocenters. The minimum absolute atomic E-state index is 0.0329. The number of hydrogen-bond donors (Lipinski definition) is 1. The van der Waals surface area contributed by atoms with E-state index in [2.05, 4.69) is 26.0 Å². The molecular formula is C22H29NO3. The minimum Gasteiger partial charge on any atom is -0.496 e. The number of hydrogen-bond acceptors (Lipinski definition) is 3. The molecule has 0 radical (unpaired) electrons. The Morgan fingerprint density at radius 3 is 2.19 bits per heavy atom. The second kappa shape index (κ2) is 8.86. The third-order valence-electron chi connectivity index (χ3n) is 4.61. The van der Waals surface area contributed by atoms with Crippen molar-refractivity contribution in [3.8, 4) is 5.75 Å². The van der Waals surface area contributed by atoms with Gasteiger partial charge in [-0.05, 0) is 40.3 Å². The topological polar surface area (TPSA) is 49.8 Å². The lowest BCUT2D eigenvalue weighted by Gasteiger charge is -2.20. The van der Waals surface area contributed by atoms with Crippen LogP contribution in [-0.4, -0.2) is 23.0 Å². The lowest BCUT2D eigenvalue weighted by Crippen LogP contribution is -2.26. The Hall–Kier alpha value is -2.33. The van der Waals surface area contributed by atoms with Gasteiger partial charge in [0.25, 0.3) is 5.91 Å². The van der Waals surface area contributed by atoms with Crippen LogP contribution in [-0.2, 0) is 19.7 Å². The molecule has 0 aromatic heterocycles. The molecule has 1 N–H and O–H groups in total. The van der Waals surface area contributed by atoms with Gasteiger partial charge in [-0.3, -0.25) is 4.79 Å². The maximum atomic E-state index is 13.1. The van der Waals surface area contributed by atoms with Crippen LogP contribution >= 0.6 is 0 Å². The molecule has 1 aliphatic heterocycles. The Bertz CT molecular complexity index is 743. The van der Waals surface area contributed by atoms with Gasteiger partial charge in [-0.1, -0.05) is 52.0 Å². The molecule has 1 heterocycles. The predicted molar refractivity (Wildman–Crippen MR) is 104 cm³/mol. The zero-order chi connectivity index (χ0) is 19.3. The fourth-order valence-electron chi connectivity index (χ4n) is 3.30. The normalized spacial score (nSPS) is 12.5. The molecule has 1 amide bonds. The highest BCUT2D eigenvalue weighted by Gasteiger charge is 2.27. The molecule has 2 aromatic rings. The summed E-state index contributed by atoms with van der Waals surface area (Å²) in [5.74, 6) is 0.708. The molecule has 3 rings (SSSR count). The van der Waals surface area contributed by atoms with Crippen LogP contribution in [0.25, 0.3) is 0 Å². The Labute approximate surface area is 156 Å². The Morgan fingerprint density at radius 1 is 1.15 bits per heavy atom. The number of nitrogens with zero attached hydrogens (tertiary/aromatic N) is 1. The van der Waals surface area contributed by atoms with Crippen LogP contribution in [0.3, 0.4) is 0 Å². The quantitative estimate of drug-likeness (QED) is 0.879. The summed E-state index contributed by atoms with van der Waals surface area (Å²) in [6.45, 7) is 9.29. The first-order valence-corrected chi connectivity index (χ1v) is 9.22. The molecule has 0 saturated carbocycles. The van der Waals surface area contributed by atoms with Crippen LogP contribution in [0.4, 0.5) is 0 Å². The Morgan fingerprint density at radius 2 is 1.73 bits per heavy atom. The summed E-state index contributed by atoms with van der Waals surface area (Å²) >= 11 is 0. The van der Waals surface area contributed by atoms with Gasteiger partial charge >= 0.3 is 0 Å². The molecule has 4 heteroatoms. The maximum Gasteiger partial charge on any atom is 0.258 e. The van der Waals surface area contributed by atoms with Crippen LogP contribution in [0.1, 0.15) is 66.2 Å². The first kappa shape index (κ1) is 20.0. The summed E-state index contributed by atoms with van der Waals surface area (Å²) in [6, 6.07) is 11.8. The molecule has 0 bridgehead atoms. The first-order chi connectivity index (χ1) is 12.5. The largest absolute Gasteiger partial charge is 0.496 e. The molecule has 0 spiro atoms. The van der Waals surface area contributed by atoms with E-state index in [4.69, 9.17) is 4.74 Å². The smallest absolute Gasteiger partial charge is 0.258 e. The number of amides is 1. The van der Waals surface area contributed by atoms with Crippen LogP contribution in [0.15, 0.2) is 36.4 Å². The van der Waals surface area contributed by atoms with E-state index >= 15 is 0 Å². The number of benzene rings is 2. The second-order valence-electron chi connectivity index (χ2n) is 6.49. The third kappa shape index (κ3) is 3.91. The fourth-order valence-corrected chi connectivity index (χ4v) is 3.30. The average molecular weight is 355 g/mol. The van der Waals surface area contributed by atoms with Gasteiger partial charge in [-0.25, -0.2) is 0 Å². The highest BCUT2D eigenvalue weighted by Crippen LogP contribution is 2.32. The summed E-state index contributed by atoms with van der Waals surface area (Å²) in [5, 5.41) is 9.60. The van der Waals surface area contributed by atoms with Crippen molar-refractivity contribution in [1.29, 1.82) is 0 Å². The number of ether oxygens (including phenoxy) is 1. The number of carbonyl (C=O) groups excluding carboxylic acids is 1. The van der Waals surface area contributed by atoms with Crippen LogP contribution in [0, 0.1) is 0 Å². The molecule has 26 heavy (non-hydrogen) atoms. The van der Waals surface area contributed by atoms with Gasteiger partial charge in [0.05, 0.1) is 19.3 Å². The number of methoxy groups -OCH3 is 1. The Balaban J connectivity index is 0.00000117. The standard InChI is InChI=1S/C20H23NO3.C2H6/c1-13(2)17-9-18(19(24-3)8-16(17)12-22)20(23)21-10-14-6-4-5-7-15(14)11-21;1-2/h4-9,13,22H,10-12H2,1-3H3;1-2H3. The van der Waals surface area contributed by atoms with Gasteiger partial charge < -0.3 is 14.7 Å². The van der Waals surface area contributed by atoms with Gasteiger partial charge in [0.2, 0.25) is 0 Å². The lowest BCUT2D eigenvalue weighted by molar-refractivity contribution is 0.0747. The number of fused-ring (bicyclic) bond motifs is 1. The average Bonchev–Trinajstić information content (AvgIpc) is 3.12. The van der Waals surface area contributed by atoms with Crippen molar-refractivity contribution in [2.24, 2.45) is 0 Å². The monoisotopic (exact) mass is 355 g/mol. The summed E-state index contributed by atoms with van der Waals surface area (Å²) in [4.78, 5) is 14.9. The van der Waals surface area contributed by atoms with E-state index in [1.54, 1.807) is 13.2 Å². The molecule has 2 aromatic carbocycles. The number of carbonyl (C=O) groups is 1. The second-order valence-corrected chi connectivity index (χ2v) is 6.49. The summed E-state index contributed by atoms with van der Waals surface area (Å²) in [5.41, 5.74) is 4.74. The van der Waals surface area contributed by atoms with Gasteiger partial charge in [0, 0.05) is 13.1 Å². The molecule has 140 valence electrons. The van der Waals surface area contributed by atoms with Crippen molar-refractivity contribution < 1.29 is 14.6 Å². The van der Waals surface area contributed by atoms with Crippen molar-refractivity contribution in [1.82, 2.24) is 4.90 Å². The van der Waals surface area contributed by atoms with E-state index < -0.39 is 0 Å². The first-order valence-electron chi connectivity index (χ1n) is 9.22. The van der Waals surface area contributed by atoms with Crippen molar-refractivity contribution in [3.05, 3.63) is 64.2 Å². The molecule has 4 nitrogen and oxygen atoms in total. The molecule has 0 saturated heterocycles. The van der Waals surface area contributed by atoms with Crippen molar-refractivity contribution in [3.63, 3.8) is 0 Å². The zero-order valence-electron chi connectivity index (χ0n) is 16.4.